The quantitative estimate of drug-likeness (QED) is 0.270. The van der Waals surface area contributed by atoms with Crippen molar-refractivity contribution in [2.75, 3.05) is 12.9 Å². The van der Waals surface area contributed by atoms with Crippen LogP contribution in [0.2, 0.25) is 0 Å². The molecular formula is C26H39FO5S. The standard InChI is InChI=1S/C26H39FO5S/c1-3-4-6-9-20(28)17-33-25-22(23(29)16-24(25)30)11-8-5-7-10-21(26(31)32-2)18-12-14-19(27)15-13-18/h12-15,20-22,24-25,28,30H,3-11,16-17H2,1-2H3/t20?,21?,22-,24?,25+/m0/s1. The number of halogens is 1. The van der Waals surface area contributed by atoms with Gasteiger partial charge in [-0.05, 0) is 37.0 Å². The van der Waals surface area contributed by atoms with Crippen molar-refractivity contribution in [1.29, 1.82) is 0 Å². The summed E-state index contributed by atoms with van der Waals surface area (Å²) < 4.78 is 18.1. The van der Waals surface area contributed by atoms with Gasteiger partial charge in [0.1, 0.15) is 11.6 Å². The fourth-order valence-corrected chi connectivity index (χ4v) is 6.01. The van der Waals surface area contributed by atoms with Crippen LogP contribution in [0, 0.1) is 11.7 Å². The number of Topliss-reactive ketones (excluding diaryl/α,β-unsaturated/α-hetero) is 1. The lowest BCUT2D eigenvalue weighted by Gasteiger charge is -2.22. The van der Waals surface area contributed by atoms with Crippen LogP contribution in [0.3, 0.4) is 0 Å². The molecule has 0 aliphatic heterocycles. The van der Waals surface area contributed by atoms with Gasteiger partial charge in [-0.15, -0.1) is 0 Å². The molecule has 0 saturated heterocycles. The summed E-state index contributed by atoms with van der Waals surface area (Å²) in [5, 5.41) is 20.4. The molecule has 2 rings (SSSR count). The summed E-state index contributed by atoms with van der Waals surface area (Å²) in [6.07, 6.45) is 6.91. The van der Waals surface area contributed by atoms with E-state index in [9.17, 15) is 24.2 Å². The first-order valence-electron chi connectivity index (χ1n) is 12.2. The number of hydrogen-bond donors (Lipinski definition) is 2. The van der Waals surface area contributed by atoms with Crippen LogP contribution in [0.5, 0.6) is 0 Å². The highest BCUT2D eigenvalue weighted by molar-refractivity contribution is 8.00. The van der Waals surface area contributed by atoms with Crippen molar-refractivity contribution >= 4 is 23.5 Å². The van der Waals surface area contributed by atoms with E-state index in [-0.39, 0.29) is 35.2 Å². The molecule has 33 heavy (non-hydrogen) atoms. The number of methoxy groups -OCH3 is 1. The van der Waals surface area contributed by atoms with Crippen molar-refractivity contribution in [1.82, 2.24) is 0 Å². The number of esters is 1. The molecule has 5 atom stereocenters. The molecule has 0 heterocycles. The molecular weight excluding hydrogens is 443 g/mol. The lowest BCUT2D eigenvalue weighted by Crippen LogP contribution is -2.26. The van der Waals surface area contributed by atoms with Gasteiger partial charge in [-0.2, -0.15) is 11.8 Å². The predicted octanol–water partition coefficient (Wildman–Crippen LogP) is 5.03. The van der Waals surface area contributed by atoms with Crippen LogP contribution in [0.4, 0.5) is 4.39 Å². The minimum atomic E-state index is -0.641. The third kappa shape index (κ3) is 9.02. The molecule has 0 amide bonds. The maximum absolute atomic E-state index is 13.2. The molecule has 1 aromatic carbocycles. The number of carbonyl (C=O) groups excluding carboxylic acids is 2. The molecule has 7 heteroatoms. The van der Waals surface area contributed by atoms with E-state index in [0.29, 0.717) is 18.6 Å². The molecule has 0 radical (unpaired) electrons. The van der Waals surface area contributed by atoms with Crippen LogP contribution in [0.25, 0.3) is 0 Å². The number of rotatable bonds is 15. The van der Waals surface area contributed by atoms with Crippen molar-refractivity contribution in [3.05, 3.63) is 35.6 Å². The van der Waals surface area contributed by atoms with Gasteiger partial charge in [-0.25, -0.2) is 4.39 Å². The van der Waals surface area contributed by atoms with Crippen molar-refractivity contribution in [2.24, 2.45) is 5.92 Å². The molecule has 1 aliphatic rings. The molecule has 3 unspecified atom stereocenters. The first-order chi connectivity index (χ1) is 15.9. The topological polar surface area (TPSA) is 83.8 Å². The van der Waals surface area contributed by atoms with Crippen molar-refractivity contribution in [2.45, 2.75) is 94.5 Å². The van der Waals surface area contributed by atoms with Crippen molar-refractivity contribution in [3.63, 3.8) is 0 Å². The van der Waals surface area contributed by atoms with Crippen LogP contribution in [-0.2, 0) is 14.3 Å². The second-order valence-corrected chi connectivity index (χ2v) is 10.3. The molecule has 1 fully saturated rings. The van der Waals surface area contributed by atoms with E-state index in [2.05, 4.69) is 6.92 Å². The van der Waals surface area contributed by atoms with Crippen LogP contribution in [0.15, 0.2) is 24.3 Å². The fourth-order valence-electron chi connectivity index (χ4n) is 4.56. The minimum absolute atomic E-state index is 0.110. The number of unbranched alkanes of at least 4 members (excludes halogenated alkanes) is 4. The highest BCUT2D eigenvalue weighted by Crippen LogP contribution is 2.37. The Morgan fingerprint density at radius 1 is 1.15 bits per heavy atom. The van der Waals surface area contributed by atoms with Crippen LogP contribution in [-0.4, -0.2) is 52.3 Å². The van der Waals surface area contributed by atoms with Gasteiger partial charge in [-0.3, -0.25) is 9.59 Å². The molecule has 0 spiro atoms. The third-order valence-electron chi connectivity index (χ3n) is 6.49. The van der Waals surface area contributed by atoms with E-state index < -0.39 is 18.1 Å². The number of benzene rings is 1. The predicted molar refractivity (Wildman–Crippen MR) is 130 cm³/mol. The summed E-state index contributed by atoms with van der Waals surface area (Å²) in [6, 6.07) is 5.93. The summed E-state index contributed by atoms with van der Waals surface area (Å²) in [4.78, 5) is 24.6. The molecule has 0 bridgehead atoms. The summed E-state index contributed by atoms with van der Waals surface area (Å²) in [6.45, 7) is 2.13. The van der Waals surface area contributed by atoms with E-state index in [4.69, 9.17) is 4.74 Å². The molecule has 1 saturated carbocycles. The molecule has 2 N–H and O–H groups in total. The summed E-state index contributed by atoms with van der Waals surface area (Å²) in [7, 11) is 1.36. The average Bonchev–Trinajstić information content (AvgIpc) is 3.07. The van der Waals surface area contributed by atoms with Gasteiger partial charge in [0.05, 0.1) is 25.2 Å². The Labute approximate surface area is 201 Å². The molecule has 0 aromatic heterocycles. The Balaban J connectivity index is 1.78. The maximum Gasteiger partial charge on any atom is 0.313 e. The van der Waals surface area contributed by atoms with E-state index in [1.807, 2.05) is 0 Å². The van der Waals surface area contributed by atoms with E-state index in [1.54, 1.807) is 12.1 Å². The number of aliphatic hydroxyl groups is 2. The number of hydrogen-bond acceptors (Lipinski definition) is 6. The number of ketones is 1. The lowest BCUT2D eigenvalue weighted by atomic mass is 9.92. The second-order valence-electron chi connectivity index (χ2n) is 9.06. The molecule has 186 valence electrons. The Bertz CT molecular complexity index is 726. The monoisotopic (exact) mass is 482 g/mol. The van der Waals surface area contributed by atoms with Gasteiger partial charge >= 0.3 is 5.97 Å². The molecule has 5 nitrogen and oxygen atoms in total. The third-order valence-corrected chi connectivity index (χ3v) is 8.09. The van der Waals surface area contributed by atoms with E-state index >= 15 is 0 Å². The number of ether oxygens (including phenoxy) is 1. The smallest absolute Gasteiger partial charge is 0.313 e. The van der Waals surface area contributed by atoms with E-state index in [0.717, 1.165) is 50.5 Å². The van der Waals surface area contributed by atoms with Gasteiger partial charge in [0.2, 0.25) is 0 Å². The minimum Gasteiger partial charge on any atom is -0.469 e. The number of aliphatic hydroxyl groups excluding tert-OH is 2. The molecule has 1 aliphatic carbocycles. The zero-order valence-electron chi connectivity index (χ0n) is 19.9. The SMILES string of the molecule is CCCCCC(O)CS[C@H]1C(O)CC(=O)[C@@H]1CCCCCC(C(=O)OC)c1ccc(F)cc1. The highest BCUT2D eigenvalue weighted by Gasteiger charge is 2.41. The van der Waals surface area contributed by atoms with Crippen molar-refractivity contribution in [3.8, 4) is 0 Å². The first kappa shape index (κ1) is 27.8. The average molecular weight is 483 g/mol. The number of thioether (sulfide) groups is 1. The van der Waals surface area contributed by atoms with Crippen LogP contribution >= 0.6 is 11.8 Å². The highest BCUT2D eigenvalue weighted by atomic mass is 32.2. The zero-order chi connectivity index (χ0) is 24.2. The first-order valence-corrected chi connectivity index (χ1v) is 13.3. The van der Waals surface area contributed by atoms with E-state index in [1.165, 1.54) is 31.0 Å². The van der Waals surface area contributed by atoms with Crippen LogP contribution < -0.4 is 0 Å². The van der Waals surface area contributed by atoms with Gasteiger partial charge in [-0.1, -0.05) is 57.6 Å². The summed E-state index contributed by atoms with van der Waals surface area (Å²) >= 11 is 1.53. The Kier molecular flexibility index (Phi) is 12.4. The summed E-state index contributed by atoms with van der Waals surface area (Å²) in [5.74, 6) is -0.617. The Hall–Kier alpha value is -1.44. The van der Waals surface area contributed by atoms with Gasteiger partial charge < -0.3 is 14.9 Å². The normalized spacial score (nSPS) is 22.3. The zero-order valence-corrected chi connectivity index (χ0v) is 20.7. The van der Waals surface area contributed by atoms with Gasteiger partial charge in [0.25, 0.3) is 0 Å². The maximum atomic E-state index is 13.2. The van der Waals surface area contributed by atoms with Gasteiger partial charge in [0, 0.05) is 23.3 Å². The lowest BCUT2D eigenvalue weighted by molar-refractivity contribution is -0.142. The molecule has 1 aromatic rings. The van der Waals surface area contributed by atoms with Crippen LogP contribution in [0.1, 0.15) is 82.6 Å². The largest absolute Gasteiger partial charge is 0.469 e. The number of carbonyl (C=O) groups is 2. The fraction of sp³-hybridized carbons (Fsp3) is 0.692. The Morgan fingerprint density at radius 2 is 1.85 bits per heavy atom. The Morgan fingerprint density at radius 3 is 2.52 bits per heavy atom. The van der Waals surface area contributed by atoms with Gasteiger partial charge in [0.15, 0.2) is 0 Å². The summed E-state index contributed by atoms with van der Waals surface area (Å²) in [5.41, 5.74) is 0.742. The van der Waals surface area contributed by atoms with Crippen molar-refractivity contribution < 1.29 is 28.9 Å². The second kappa shape index (κ2) is 14.7.